The highest BCUT2D eigenvalue weighted by Gasteiger charge is 2.54. The number of nitrogens with one attached hydrogen (secondary N) is 1. The minimum Gasteiger partial charge on any atom is -0.406 e. The van der Waals surface area contributed by atoms with E-state index >= 15 is 0 Å². The number of rotatable bonds is 3. The minimum atomic E-state index is -5.02. The van der Waals surface area contributed by atoms with Gasteiger partial charge in [0, 0.05) is 11.8 Å². The first-order chi connectivity index (χ1) is 9.33. The number of hydrogen-bond donors (Lipinski definition) is 2. The molecule has 3 N–H and O–H groups in total. The molecule has 118 valence electrons. The average molecular weight is 316 g/mol. The maximum absolute atomic E-state index is 12.5. The van der Waals surface area contributed by atoms with Crippen LogP contribution in [0, 0.1) is 0 Å². The zero-order chi connectivity index (χ0) is 16.5. The van der Waals surface area contributed by atoms with Crippen LogP contribution in [-0.2, 0) is 4.79 Å². The molecule has 0 aliphatic rings. The molecule has 1 aromatic carbocycles. The van der Waals surface area contributed by atoms with E-state index in [1.54, 1.807) is 5.32 Å². The highest BCUT2D eigenvalue weighted by Crippen LogP contribution is 2.30. The van der Waals surface area contributed by atoms with Gasteiger partial charge in [-0.1, -0.05) is 6.07 Å². The number of carbonyl (C=O) groups is 1. The van der Waals surface area contributed by atoms with Crippen molar-refractivity contribution < 1.29 is 35.9 Å². The first-order valence-corrected chi connectivity index (χ1v) is 5.36. The fourth-order valence-corrected chi connectivity index (χ4v) is 1.16. The molecular weight excluding hydrogens is 306 g/mol. The average Bonchev–Trinajstić information content (AvgIpc) is 2.25. The minimum absolute atomic E-state index is 0.317. The largest absolute Gasteiger partial charge is 0.573 e. The fraction of sp³-hybridized carbons (Fsp3) is 0.364. The lowest BCUT2D eigenvalue weighted by Gasteiger charge is -2.26. The van der Waals surface area contributed by atoms with Gasteiger partial charge in [-0.3, -0.25) is 4.79 Å². The van der Waals surface area contributed by atoms with Crippen molar-refractivity contribution in [3.63, 3.8) is 0 Å². The third-order valence-electron chi connectivity index (χ3n) is 2.39. The number of carbonyl (C=O) groups excluding carboxylic acids is 1. The van der Waals surface area contributed by atoms with E-state index < -0.39 is 29.7 Å². The van der Waals surface area contributed by atoms with Crippen LogP contribution in [0.4, 0.5) is 32.0 Å². The Morgan fingerprint density at radius 1 is 1.19 bits per heavy atom. The van der Waals surface area contributed by atoms with E-state index in [0.29, 0.717) is 6.92 Å². The molecule has 0 spiro atoms. The Balaban J connectivity index is 2.90. The van der Waals surface area contributed by atoms with Crippen LogP contribution in [0.5, 0.6) is 5.75 Å². The summed E-state index contributed by atoms with van der Waals surface area (Å²) in [7, 11) is 0. The van der Waals surface area contributed by atoms with Crippen LogP contribution in [-0.4, -0.2) is 24.0 Å². The number of ether oxygens (including phenoxy) is 1. The molecular formula is C11H10F6N2O2. The Bertz CT molecular complexity index is 524. The van der Waals surface area contributed by atoms with Crippen molar-refractivity contribution in [1.29, 1.82) is 0 Å². The lowest BCUT2D eigenvalue weighted by atomic mass is 10.0. The van der Waals surface area contributed by atoms with E-state index in [1.165, 1.54) is 0 Å². The predicted molar refractivity (Wildman–Crippen MR) is 60.4 cm³/mol. The van der Waals surface area contributed by atoms with E-state index in [-0.39, 0.29) is 5.69 Å². The van der Waals surface area contributed by atoms with E-state index in [2.05, 4.69) is 4.74 Å². The molecule has 0 fully saturated rings. The van der Waals surface area contributed by atoms with Gasteiger partial charge < -0.3 is 15.8 Å². The Morgan fingerprint density at radius 2 is 1.76 bits per heavy atom. The molecule has 0 saturated heterocycles. The van der Waals surface area contributed by atoms with Crippen LogP contribution < -0.4 is 15.8 Å². The van der Waals surface area contributed by atoms with Gasteiger partial charge in [-0.05, 0) is 19.1 Å². The first kappa shape index (κ1) is 17.1. The zero-order valence-corrected chi connectivity index (χ0v) is 10.5. The maximum Gasteiger partial charge on any atom is 0.573 e. The summed E-state index contributed by atoms with van der Waals surface area (Å²) in [6, 6.07) is 3.80. The number of amides is 1. The molecule has 0 heterocycles. The Kier molecular flexibility index (Phi) is 4.42. The first-order valence-electron chi connectivity index (χ1n) is 5.36. The van der Waals surface area contributed by atoms with Crippen LogP contribution in [0.3, 0.4) is 0 Å². The lowest BCUT2D eigenvalue weighted by molar-refractivity contribution is -0.274. The second-order valence-corrected chi connectivity index (χ2v) is 4.23. The van der Waals surface area contributed by atoms with E-state index in [1.807, 2.05) is 0 Å². The van der Waals surface area contributed by atoms with Crippen molar-refractivity contribution in [1.82, 2.24) is 0 Å². The summed E-state index contributed by atoms with van der Waals surface area (Å²) in [5.74, 6) is -2.30. The number of hydrogen-bond acceptors (Lipinski definition) is 3. The number of alkyl halides is 6. The molecule has 1 unspecified atom stereocenters. The quantitative estimate of drug-likeness (QED) is 0.843. The third kappa shape index (κ3) is 4.52. The Labute approximate surface area is 114 Å². The fourth-order valence-electron chi connectivity index (χ4n) is 1.16. The molecule has 0 aromatic heterocycles. The summed E-state index contributed by atoms with van der Waals surface area (Å²) in [5, 5.41) is 1.78. The molecule has 0 saturated carbocycles. The molecule has 1 atom stereocenters. The smallest absolute Gasteiger partial charge is 0.406 e. The lowest BCUT2D eigenvalue weighted by Crippen LogP contribution is -2.59. The van der Waals surface area contributed by atoms with Crippen molar-refractivity contribution in [3.05, 3.63) is 24.3 Å². The second kappa shape index (κ2) is 5.43. The second-order valence-electron chi connectivity index (χ2n) is 4.23. The number of nitrogens with two attached hydrogens (primary N) is 1. The molecule has 1 rings (SSSR count). The van der Waals surface area contributed by atoms with Crippen molar-refractivity contribution in [2.45, 2.75) is 25.0 Å². The standard InChI is InChI=1S/C11H10F6N2O2/c1-9(18,10(12,13)14)8(20)19-6-3-2-4-7(5-6)21-11(15,16)17/h2-5H,18H2,1H3,(H,19,20). The molecule has 1 amide bonds. The topological polar surface area (TPSA) is 64.4 Å². The van der Waals surface area contributed by atoms with Gasteiger partial charge in [0.25, 0.3) is 5.91 Å². The van der Waals surface area contributed by atoms with Gasteiger partial charge >= 0.3 is 12.5 Å². The van der Waals surface area contributed by atoms with Crippen molar-refractivity contribution in [2.75, 3.05) is 5.32 Å². The third-order valence-corrected chi connectivity index (χ3v) is 2.39. The van der Waals surface area contributed by atoms with Crippen LogP contribution in [0.2, 0.25) is 0 Å². The summed E-state index contributed by atoms with van der Waals surface area (Å²) in [5.41, 5.74) is 1.37. The van der Waals surface area contributed by atoms with E-state index in [0.717, 1.165) is 24.3 Å². The summed E-state index contributed by atoms with van der Waals surface area (Å²) >= 11 is 0. The van der Waals surface area contributed by atoms with Crippen LogP contribution in [0.25, 0.3) is 0 Å². The van der Waals surface area contributed by atoms with Crippen LogP contribution in [0.15, 0.2) is 24.3 Å². The van der Waals surface area contributed by atoms with Gasteiger partial charge in [-0.15, -0.1) is 13.2 Å². The summed E-state index contributed by atoms with van der Waals surface area (Å²) < 4.78 is 77.2. The van der Waals surface area contributed by atoms with Crippen molar-refractivity contribution >= 4 is 11.6 Å². The summed E-state index contributed by atoms with van der Waals surface area (Å²) in [6.45, 7) is 0.443. The van der Waals surface area contributed by atoms with Crippen LogP contribution >= 0.6 is 0 Å². The Hall–Kier alpha value is -1.97. The monoisotopic (exact) mass is 316 g/mol. The summed E-state index contributed by atoms with van der Waals surface area (Å²) in [6.07, 6.45) is -9.98. The van der Waals surface area contributed by atoms with Gasteiger partial charge in [0.05, 0.1) is 0 Å². The van der Waals surface area contributed by atoms with Crippen molar-refractivity contribution in [3.8, 4) is 5.75 Å². The molecule has 1 aromatic rings. The zero-order valence-electron chi connectivity index (χ0n) is 10.5. The van der Waals surface area contributed by atoms with Crippen molar-refractivity contribution in [2.24, 2.45) is 5.73 Å². The molecule has 0 radical (unpaired) electrons. The highest BCUT2D eigenvalue weighted by molar-refractivity contribution is 5.98. The van der Waals surface area contributed by atoms with Gasteiger partial charge in [0.2, 0.25) is 0 Å². The van der Waals surface area contributed by atoms with E-state index in [9.17, 15) is 31.1 Å². The predicted octanol–water partition coefficient (Wildman–Crippen LogP) is 2.80. The normalized spacial score (nSPS) is 15.2. The number of anilines is 1. The van der Waals surface area contributed by atoms with Gasteiger partial charge in [0.1, 0.15) is 5.75 Å². The molecule has 0 aliphatic heterocycles. The molecule has 21 heavy (non-hydrogen) atoms. The number of halogens is 6. The summed E-state index contributed by atoms with van der Waals surface area (Å²) in [4.78, 5) is 11.5. The molecule has 10 heteroatoms. The highest BCUT2D eigenvalue weighted by atomic mass is 19.4. The van der Waals surface area contributed by atoms with Gasteiger partial charge in [-0.2, -0.15) is 13.2 Å². The van der Waals surface area contributed by atoms with Gasteiger partial charge in [0.15, 0.2) is 5.54 Å². The molecule has 4 nitrogen and oxygen atoms in total. The van der Waals surface area contributed by atoms with E-state index in [4.69, 9.17) is 5.73 Å². The molecule has 0 bridgehead atoms. The number of benzene rings is 1. The van der Waals surface area contributed by atoms with Crippen LogP contribution in [0.1, 0.15) is 6.92 Å². The van der Waals surface area contributed by atoms with Gasteiger partial charge in [-0.25, -0.2) is 0 Å². The SMILES string of the molecule is CC(N)(C(=O)Nc1cccc(OC(F)(F)F)c1)C(F)(F)F. The molecule has 0 aliphatic carbocycles. The Morgan fingerprint density at radius 3 is 2.24 bits per heavy atom. The maximum atomic E-state index is 12.5.